The first-order valence-corrected chi connectivity index (χ1v) is 7.82. The molecular formula is C17H22N2O3. The first-order chi connectivity index (χ1) is 10.6. The van der Waals surface area contributed by atoms with Crippen molar-refractivity contribution in [2.24, 2.45) is 0 Å². The summed E-state index contributed by atoms with van der Waals surface area (Å²) in [5.74, 6) is -0.551. The van der Waals surface area contributed by atoms with Crippen LogP contribution in [-0.4, -0.2) is 29.2 Å². The van der Waals surface area contributed by atoms with E-state index in [2.05, 4.69) is 12.2 Å². The van der Waals surface area contributed by atoms with Crippen LogP contribution in [0.3, 0.4) is 0 Å². The summed E-state index contributed by atoms with van der Waals surface area (Å²) in [5.41, 5.74) is 2.00. The number of aryl methyl sites for hydroxylation is 1. The molecular weight excluding hydrogens is 280 g/mol. The molecule has 5 heteroatoms. The van der Waals surface area contributed by atoms with E-state index in [9.17, 15) is 14.4 Å². The maximum absolute atomic E-state index is 11.9. The van der Waals surface area contributed by atoms with Gasteiger partial charge in [0.2, 0.25) is 17.7 Å². The predicted molar refractivity (Wildman–Crippen MR) is 84.3 cm³/mol. The van der Waals surface area contributed by atoms with E-state index in [1.165, 1.54) is 10.5 Å². The lowest BCUT2D eigenvalue weighted by Crippen LogP contribution is -2.32. The van der Waals surface area contributed by atoms with Gasteiger partial charge >= 0.3 is 0 Å². The molecule has 1 aromatic carbocycles. The zero-order valence-corrected chi connectivity index (χ0v) is 12.9. The summed E-state index contributed by atoms with van der Waals surface area (Å²) in [5, 5.41) is 2.79. The first kappa shape index (κ1) is 16.2. The molecule has 0 aliphatic carbocycles. The molecule has 0 atom stereocenters. The second kappa shape index (κ2) is 7.73. The van der Waals surface area contributed by atoms with Crippen molar-refractivity contribution >= 4 is 23.4 Å². The van der Waals surface area contributed by atoms with Crippen LogP contribution < -0.4 is 5.32 Å². The number of benzene rings is 1. The van der Waals surface area contributed by atoms with Gasteiger partial charge in [0.1, 0.15) is 0 Å². The predicted octanol–water partition coefficient (Wildman–Crippen LogP) is 2.51. The number of amides is 3. The monoisotopic (exact) mass is 302 g/mol. The fourth-order valence-corrected chi connectivity index (χ4v) is 2.44. The van der Waals surface area contributed by atoms with E-state index >= 15 is 0 Å². The number of hydrogen-bond acceptors (Lipinski definition) is 3. The molecule has 118 valence electrons. The summed E-state index contributed by atoms with van der Waals surface area (Å²) in [4.78, 5) is 36.0. The number of carbonyl (C=O) groups is 3. The van der Waals surface area contributed by atoms with Crippen LogP contribution in [0.1, 0.15) is 44.6 Å². The van der Waals surface area contributed by atoms with Gasteiger partial charge in [-0.05, 0) is 30.5 Å². The average molecular weight is 302 g/mol. The Morgan fingerprint density at radius 1 is 1.14 bits per heavy atom. The van der Waals surface area contributed by atoms with Crippen molar-refractivity contribution in [1.29, 1.82) is 0 Å². The van der Waals surface area contributed by atoms with Crippen LogP contribution in [0, 0.1) is 0 Å². The number of rotatable bonds is 7. The maximum Gasteiger partial charge on any atom is 0.229 e. The van der Waals surface area contributed by atoms with Gasteiger partial charge in [-0.3, -0.25) is 19.3 Å². The van der Waals surface area contributed by atoms with E-state index in [0.29, 0.717) is 0 Å². The number of nitrogens with one attached hydrogen (secondary N) is 1. The van der Waals surface area contributed by atoms with Gasteiger partial charge < -0.3 is 5.32 Å². The zero-order chi connectivity index (χ0) is 15.9. The van der Waals surface area contributed by atoms with E-state index in [0.717, 1.165) is 24.9 Å². The summed E-state index contributed by atoms with van der Waals surface area (Å²) in [6.07, 6.45) is 4.02. The topological polar surface area (TPSA) is 66.5 Å². The van der Waals surface area contributed by atoms with Crippen LogP contribution >= 0.6 is 0 Å². The molecule has 3 amide bonds. The highest BCUT2D eigenvalue weighted by molar-refractivity contribution is 6.02. The number of hydrogen-bond donors (Lipinski definition) is 1. The third-order valence-electron chi connectivity index (χ3n) is 3.77. The number of anilines is 1. The number of imide groups is 1. The molecule has 0 spiro atoms. The van der Waals surface area contributed by atoms with Crippen LogP contribution in [0.4, 0.5) is 5.69 Å². The molecule has 0 bridgehead atoms. The molecule has 0 radical (unpaired) electrons. The fraction of sp³-hybridized carbons (Fsp3) is 0.471. The van der Waals surface area contributed by atoms with Crippen molar-refractivity contribution in [2.45, 2.75) is 45.4 Å². The Kier molecular flexibility index (Phi) is 5.69. The lowest BCUT2D eigenvalue weighted by molar-refractivity contribution is -0.138. The highest BCUT2D eigenvalue weighted by atomic mass is 16.2. The Labute approximate surface area is 130 Å². The lowest BCUT2D eigenvalue weighted by Gasteiger charge is -2.13. The Hall–Kier alpha value is -2.17. The average Bonchev–Trinajstić information content (AvgIpc) is 2.83. The summed E-state index contributed by atoms with van der Waals surface area (Å²) >= 11 is 0. The largest absolute Gasteiger partial charge is 0.326 e. The van der Waals surface area contributed by atoms with Crippen LogP contribution in [0.2, 0.25) is 0 Å². The van der Waals surface area contributed by atoms with Crippen molar-refractivity contribution < 1.29 is 14.4 Å². The molecule has 0 unspecified atom stereocenters. The smallest absolute Gasteiger partial charge is 0.229 e. The second-order valence-corrected chi connectivity index (χ2v) is 5.54. The molecule has 1 aromatic rings. The van der Waals surface area contributed by atoms with E-state index in [1.807, 2.05) is 24.3 Å². The third kappa shape index (κ3) is 4.41. The minimum Gasteiger partial charge on any atom is -0.326 e. The molecule has 1 heterocycles. The van der Waals surface area contributed by atoms with E-state index in [4.69, 9.17) is 0 Å². The summed E-state index contributed by atoms with van der Waals surface area (Å²) in [6.45, 7) is 2.32. The molecule has 1 saturated heterocycles. The summed E-state index contributed by atoms with van der Waals surface area (Å²) in [7, 11) is 0. The van der Waals surface area contributed by atoms with Gasteiger partial charge in [-0.15, -0.1) is 0 Å². The third-order valence-corrected chi connectivity index (χ3v) is 3.77. The van der Waals surface area contributed by atoms with Crippen LogP contribution in [0.5, 0.6) is 0 Å². The Balaban J connectivity index is 1.79. The maximum atomic E-state index is 11.9. The van der Waals surface area contributed by atoms with Crippen molar-refractivity contribution in [1.82, 2.24) is 4.90 Å². The van der Waals surface area contributed by atoms with Crippen molar-refractivity contribution in [3.05, 3.63) is 29.8 Å². The Morgan fingerprint density at radius 2 is 1.77 bits per heavy atom. The standard InChI is InChI=1S/C17H22N2O3/c1-2-3-4-13-5-7-14(8-6-13)18-15(20)11-12-19-16(21)9-10-17(19)22/h5-8H,2-4,9-12H2,1H3,(H,18,20). The van der Waals surface area contributed by atoms with E-state index in [1.54, 1.807) is 0 Å². The highest BCUT2D eigenvalue weighted by Crippen LogP contribution is 2.14. The molecule has 5 nitrogen and oxygen atoms in total. The minimum atomic E-state index is -0.186. The van der Waals surface area contributed by atoms with Gasteiger partial charge in [0.25, 0.3) is 0 Å². The number of unbranched alkanes of at least 4 members (excludes halogenated alkanes) is 1. The van der Waals surface area contributed by atoms with Crippen molar-refractivity contribution in [3.63, 3.8) is 0 Å². The Bertz CT molecular complexity index is 536. The summed E-state index contributed by atoms with van der Waals surface area (Å²) < 4.78 is 0. The van der Waals surface area contributed by atoms with Gasteiger partial charge in [-0.25, -0.2) is 0 Å². The SMILES string of the molecule is CCCCc1ccc(NC(=O)CCN2C(=O)CCC2=O)cc1. The van der Waals surface area contributed by atoms with Crippen LogP contribution in [0.15, 0.2) is 24.3 Å². The van der Waals surface area contributed by atoms with Gasteiger partial charge in [0.05, 0.1) is 0 Å². The molecule has 1 aliphatic heterocycles. The highest BCUT2D eigenvalue weighted by Gasteiger charge is 2.28. The van der Waals surface area contributed by atoms with E-state index in [-0.39, 0.29) is 43.5 Å². The normalized spacial score (nSPS) is 14.5. The van der Waals surface area contributed by atoms with Gasteiger partial charge in [-0.1, -0.05) is 25.5 Å². The fourth-order valence-electron chi connectivity index (χ4n) is 2.44. The van der Waals surface area contributed by atoms with Gasteiger partial charge in [0, 0.05) is 31.5 Å². The van der Waals surface area contributed by atoms with Crippen LogP contribution in [-0.2, 0) is 20.8 Å². The van der Waals surface area contributed by atoms with Gasteiger partial charge in [-0.2, -0.15) is 0 Å². The molecule has 1 aliphatic rings. The van der Waals surface area contributed by atoms with Crippen molar-refractivity contribution in [3.8, 4) is 0 Å². The van der Waals surface area contributed by atoms with E-state index < -0.39 is 0 Å². The quantitative estimate of drug-likeness (QED) is 0.787. The molecule has 0 saturated carbocycles. The molecule has 2 rings (SSSR count). The molecule has 22 heavy (non-hydrogen) atoms. The minimum absolute atomic E-state index is 0.134. The number of carbonyl (C=O) groups excluding carboxylic acids is 3. The number of nitrogens with zero attached hydrogens (tertiary/aromatic N) is 1. The Morgan fingerprint density at radius 3 is 2.36 bits per heavy atom. The second-order valence-electron chi connectivity index (χ2n) is 5.54. The molecule has 0 aromatic heterocycles. The zero-order valence-electron chi connectivity index (χ0n) is 12.9. The number of likely N-dealkylation sites (tertiary alicyclic amines) is 1. The van der Waals surface area contributed by atoms with Crippen LogP contribution in [0.25, 0.3) is 0 Å². The van der Waals surface area contributed by atoms with Crippen molar-refractivity contribution in [2.75, 3.05) is 11.9 Å². The lowest BCUT2D eigenvalue weighted by atomic mass is 10.1. The molecule has 1 N–H and O–H groups in total. The first-order valence-electron chi connectivity index (χ1n) is 7.82. The molecule has 1 fully saturated rings. The van der Waals surface area contributed by atoms with Gasteiger partial charge in [0.15, 0.2) is 0 Å². The summed E-state index contributed by atoms with van der Waals surface area (Å²) in [6, 6.07) is 7.79.